The molecule has 1 N–H and O–H groups in total. The van der Waals surface area contributed by atoms with E-state index in [1.54, 1.807) is 4.90 Å². The van der Waals surface area contributed by atoms with E-state index in [0.29, 0.717) is 19.0 Å². The molecule has 0 saturated carbocycles. The summed E-state index contributed by atoms with van der Waals surface area (Å²) in [6.07, 6.45) is 4.36. The molecule has 0 aliphatic carbocycles. The molecule has 0 spiro atoms. The minimum Gasteiger partial charge on any atom is -0.440 e. The van der Waals surface area contributed by atoms with Crippen molar-refractivity contribution in [2.45, 2.75) is 18.8 Å². The summed E-state index contributed by atoms with van der Waals surface area (Å²) in [4.78, 5) is 39.6. The molecule has 1 fully saturated rings. The molecule has 0 bridgehead atoms. The smallest absolute Gasteiger partial charge is 0.286 e. The van der Waals surface area contributed by atoms with Crippen molar-refractivity contribution in [1.29, 1.82) is 0 Å². The van der Waals surface area contributed by atoms with Gasteiger partial charge in [0.1, 0.15) is 17.4 Å². The zero-order valence-corrected chi connectivity index (χ0v) is 14.3. The van der Waals surface area contributed by atoms with Crippen LogP contribution in [0.3, 0.4) is 0 Å². The summed E-state index contributed by atoms with van der Waals surface area (Å²) in [5, 5.41) is 2.67. The Morgan fingerprint density at radius 1 is 1.26 bits per heavy atom. The lowest BCUT2D eigenvalue weighted by atomic mass is 9.97. The van der Waals surface area contributed by atoms with Crippen LogP contribution in [0.5, 0.6) is 0 Å². The van der Waals surface area contributed by atoms with Crippen LogP contribution >= 0.6 is 0 Å². The molecule has 27 heavy (non-hydrogen) atoms. The molecule has 1 aliphatic heterocycles. The van der Waals surface area contributed by atoms with Gasteiger partial charge in [-0.1, -0.05) is 12.1 Å². The van der Waals surface area contributed by atoms with Gasteiger partial charge < -0.3 is 9.32 Å². The van der Waals surface area contributed by atoms with E-state index >= 15 is 0 Å². The van der Waals surface area contributed by atoms with Crippen molar-refractivity contribution >= 4 is 22.8 Å². The van der Waals surface area contributed by atoms with Gasteiger partial charge >= 0.3 is 0 Å². The van der Waals surface area contributed by atoms with Gasteiger partial charge in [-0.15, -0.1) is 0 Å². The summed E-state index contributed by atoms with van der Waals surface area (Å²) >= 11 is 0. The van der Waals surface area contributed by atoms with Crippen molar-refractivity contribution in [1.82, 2.24) is 29.5 Å². The molecular formula is C18H16N6O3. The summed E-state index contributed by atoms with van der Waals surface area (Å²) in [5.41, 5.74) is 1.12. The number of fused-ring (bicyclic) bond motifs is 2. The number of carbonyl (C=O) groups is 1. The molecule has 4 heterocycles. The van der Waals surface area contributed by atoms with Gasteiger partial charge in [0, 0.05) is 19.3 Å². The normalized spacial score (nSPS) is 17.6. The van der Waals surface area contributed by atoms with Crippen LogP contribution in [0.4, 0.5) is 0 Å². The third-order valence-electron chi connectivity index (χ3n) is 4.91. The minimum atomic E-state index is -0.452. The Morgan fingerprint density at radius 2 is 2.15 bits per heavy atom. The van der Waals surface area contributed by atoms with Crippen molar-refractivity contribution in [3.05, 3.63) is 58.6 Å². The molecule has 9 nitrogen and oxygen atoms in total. The highest BCUT2D eigenvalue weighted by atomic mass is 16.3. The highest BCUT2D eigenvalue weighted by Gasteiger charge is 2.30. The van der Waals surface area contributed by atoms with Crippen molar-refractivity contribution in [3.63, 3.8) is 0 Å². The van der Waals surface area contributed by atoms with Crippen LogP contribution in [-0.2, 0) is 0 Å². The van der Waals surface area contributed by atoms with Gasteiger partial charge in [0.25, 0.3) is 17.2 Å². The van der Waals surface area contributed by atoms with Gasteiger partial charge in [0.05, 0.1) is 5.92 Å². The molecule has 4 aromatic rings. The number of nitrogens with one attached hydrogen (secondary N) is 1. The largest absolute Gasteiger partial charge is 0.440 e. The van der Waals surface area contributed by atoms with Crippen molar-refractivity contribution in [2.75, 3.05) is 13.1 Å². The van der Waals surface area contributed by atoms with Crippen LogP contribution in [0.15, 0.2) is 46.0 Å². The topological polar surface area (TPSA) is 109 Å². The first kappa shape index (κ1) is 15.7. The number of piperidine rings is 1. The minimum absolute atomic E-state index is 0.00157. The van der Waals surface area contributed by atoms with Crippen molar-refractivity contribution < 1.29 is 9.21 Å². The number of oxazole rings is 1. The maximum atomic E-state index is 12.9. The fraction of sp³-hybridized carbons (Fsp3) is 0.278. The van der Waals surface area contributed by atoms with Crippen molar-refractivity contribution in [2.24, 2.45) is 0 Å². The lowest BCUT2D eigenvalue weighted by Crippen LogP contribution is -2.41. The second-order valence-electron chi connectivity index (χ2n) is 6.61. The zero-order chi connectivity index (χ0) is 18.4. The van der Waals surface area contributed by atoms with E-state index in [1.807, 2.05) is 24.3 Å². The number of H-pyrrole nitrogens is 1. The molecule has 1 amide bonds. The predicted octanol–water partition coefficient (Wildman–Crippen LogP) is 1.58. The van der Waals surface area contributed by atoms with Crippen molar-refractivity contribution in [3.8, 4) is 0 Å². The number of likely N-dealkylation sites (tertiary alicyclic amines) is 1. The molecule has 136 valence electrons. The fourth-order valence-corrected chi connectivity index (χ4v) is 3.54. The number of para-hydroxylation sites is 2. The summed E-state index contributed by atoms with van der Waals surface area (Å²) in [6.45, 7) is 1.04. The van der Waals surface area contributed by atoms with E-state index in [4.69, 9.17) is 4.42 Å². The van der Waals surface area contributed by atoms with Gasteiger partial charge in [0.2, 0.25) is 0 Å². The first-order chi connectivity index (χ1) is 13.2. The lowest BCUT2D eigenvalue weighted by Gasteiger charge is -2.31. The van der Waals surface area contributed by atoms with E-state index in [0.717, 1.165) is 28.5 Å². The number of aromatic nitrogens is 5. The molecule has 0 radical (unpaired) electrons. The van der Waals surface area contributed by atoms with E-state index in [9.17, 15) is 9.59 Å². The zero-order valence-electron chi connectivity index (χ0n) is 14.3. The number of hydrogen-bond acceptors (Lipinski definition) is 6. The summed E-state index contributed by atoms with van der Waals surface area (Å²) in [7, 11) is 0. The monoisotopic (exact) mass is 364 g/mol. The Morgan fingerprint density at radius 3 is 3.04 bits per heavy atom. The molecule has 1 saturated heterocycles. The second kappa shape index (κ2) is 6.04. The van der Waals surface area contributed by atoms with Gasteiger partial charge in [-0.05, 0) is 25.0 Å². The molecule has 3 aromatic heterocycles. The van der Waals surface area contributed by atoms with Crippen LogP contribution in [0.1, 0.15) is 35.0 Å². The predicted molar refractivity (Wildman–Crippen MR) is 95.5 cm³/mol. The van der Waals surface area contributed by atoms with Crippen LogP contribution in [0.2, 0.25) is 0 Å². The first-order valence-electron chi connectivity index (χ1n) is 8.76. The number of benzene rings is 1. The molecule has 5 rings (SSSR count). The number of hydrogen-bond donors (Lipinski definition) is 1. The number of carbonyl (C=O) groups excluding carboxylic acids is 1. The molecule has 1 aromatic carbocycles. The molecule has 0 unspecified atom stereocenters. The average molecular weight is 364 g/mol. The second-order valence-corrected chi connectivity index (χ2v) is 6.61. The fourth-order valence-electron chi connectivity index (χ4n) is 3.54. The summed E-state index contributed by atoms with van der Waals surface area (Å²) < 4.78 is 7.03. The number of nitrogens with zero attached hydrogens (tertiary/aromatic N) is 5. The van der Waals surface area contributed by atoms with Crippen LogP contribution in [0, 0.1) is 0 Å². The average Bonchev–Trinajstić information content (AvgIpc) is 3.35. The molecule has 1 atom stereocenters. The van der Waals surface area contributed by atoms with Crippen LogP contribution < -0.4 is 5.56 Å². The van der Waals surface area contributed by atoms with Crippen LogP contribution in [0.25, 0.3) is 16.9 Å². The Labute approximate surface area is 152 Å². The Bertz CT molecular complexity index is 1170. The highest BCUT2D eigenvalue weighted by molar-refractivity contribution is 5.93. The SMILES string of the molecule is O=C(c1cnc2nc[nH]n2c1=O)N1CCC[C@@H](c2nc3ccccc3o2)C1. The van der Waals surface area contributed by atoms with Gasteiger partial charge in [-0.2, -0.15) is 4.52 Å². The quantitative estimate of drug-likeness (QED) is 0.578. The number of rotatable bonds is 2. The number of amides is 1. The highest BCUT2D eigenvalue weighted by Crippen LogP contribution is 2.29. The summed E-state index contributed by atoms with van der Waals surface area (Å²) in [6, 6.07) is 7.60. The van der Waals surface area contributed by atoms with E-state index < -0.39 is 5.56 Å². The Hall–Kier alpha value is -3.49. The third kappa shape index (κ3) is 2.59. The van der Waals surface area contributed by atoms with Gasteiger partial charge in [0.15, 0.2) is 11.5 Å². The van der Waals surface area contributed by atoms with Crippen LogP contribution in [-0.4, -0.2) is 48.5 Å². The molecule has 9 heteroatoms. The molecular weight excluding hydrogens is 348 g/mol. The molecule has 1 aliphatic rings. The third-order valence-corrected chi connectivity index (χ3v) is 4.91. The first-order valence-corrected chi connectivity index (χ1v) is 8.76. The maximum absolute atomic E-state index is 12.9. The van der Waals surface area contributed by atoms with E-state index in [-0.39, 0.29) is 23.2 Å². The Balaban J connectivity index is 1.43. The van der Waals surface area contributed by atoms with E-state index in [2.05, 4.69) is 20.1 Å². The maximum Gasteiger partial charge on any atom is 0.286 e. The Kier molecular flexibility index (Phi) is 3.52. The number of aromatic amines is 1. The summed E-state index contributed by atoms with van der Waals surface area (Å²) in [5.74, 6) is 0.533. The van der Waals surface area contributed by atoms with Gasteiger partial charge in [-0.25, -0.2) is 15.0 Å². The van der Waals surface area contributed by atoms with E-state index in [1.165, 1.54) is 12.5 Å². The van der Waals surface area contributed by atoms with Gasteiger partial charge in [-0.3, -0.25) is 14.7 Å². The standard InChI is InChI=1S/C18H16N6O3/c25-16(12-8-19-18-20-10-21-24(18)17(12)26)23-7-3-4-11(9-23)15-22-13-5-1-2-6-14(13)27-15/h1-2,5-6,8,10-11H,3-4,7,9H2,(H,19,20,21)/t11-/m1/s1. The lowest BCUT2D eigenvalue weighted by molar-refractivity contribution is 0.0696.